The van der Waals surface area contributed by atoms with Crippen LogP contribution in [0.4, 0.5) is 10.1 Å². The Morgan fingerprint density at radius 1 is 1.23 bits per heavy atom. The smallest absolute Gasteiger partial charge is 0.232 e. The Balaban J connectivity index is 1.84. The minimum atomic E-state index is -3.70. The molecule has 0 atom stereocenters. The monoisotopic (exact) mass is 525 g/mol. The van der Waals surface area contributed by atoms with Gasteiger partial charge in [0.15, 0.2) is 0 Å². The van der Waals surface area contributed by atoms with Crippen molar-refractivity contribution in [1.29, 1.82) is 0 Å². The van der Waals surface area contributed by atoms with Crippen LogP contribution in [0.2, 0.25) is 5.02 Å². The summed E-state index contributed by atoms with van der Waals surface area (Å²) in [5.41, 5.74) is 3.56. The first kappa shape index (κ1) is 22.3. The van der Waals surface area contributed by atoms with Crippen LogP contribution in [-0.4, -0.2) is 24.5 Å². The van der Waals surface area contributed by atoms with Crippen LogP contribution in [0.15, 0.2) is 46.9 Å². The van der Waals surface area contributed by atoms with E-state index in [-0.39, 0.29) is 6.54 Å². The molecular formula is C22H22BrClFN3O2S. The number of benzene rings is 2. The molecule has 4 rings (SSSR count). The molecule has 1 aliphatic rings. The second-order valence-corrected chi connectivity index (χ2v) is 10.9. The van der Waals surface area contributed by atoms with E-state index in [0.29, 0.717) is 32.4 Å². The third kappa shape index (κ3) is 4.81. The van der Waals surface area contributed by atoms with Gasteiger partial charge in [0.25, 0.3) is 0 Å². The standard InChI is InChI=1S/C22H22BrClFN3O2S/c1-3-17-12-20(15-5-6-15)26-28(17)21-9-7-16(24)11-22(21)27(31(2,29)30)13-14-4-8-18(23)19(25)10-14/h4,7-12,15H,3,5-6,13H2,1-2H3. The number of anilines is 1. The lowest BCUT2D eigenvalue weighted by atomic mass is 10.2. The van der Waals surface area contributed by atoms with Crippen LogP contribution in [0.25, 0.3) is 5.69 Å². The highest BCUT2D eigenvalue weighted by Crippen LogP contribution is 2.40. The van der Waals surface area contributed by atoms with Crippen molar-refractivity contribution in [2.45, 2.75) is 38.6 Å². The minimum Gasteiger partial charge on any atom is -0.264 e. The largest absolute Gasteiger partial charge is 0.264 e. The molecule has 1 heterocycles. The summed E-state index contributed by atoms with van der Waals surface area (Å²) in [6.07, 6.45) is 4.13. The van der Waals surface area contributed by atoms with Gasteiger partial charge in [0, 0.05) is 16.6 Å². The molecule has 0 radical (unpaired) electrons. The van der Waals surface area contributed by atoms with Crippen molar-refractivity contribution in [3.8, 4) is 5.69 Å². The summed E-state index contributed by atoms with van der Waals surface area (Å²) in [6.45, 7) is 2.01. The van der Waals surface area contributed by atoms with Crippen molar-refractivity contribution < 1.29 is 12.8 Å². The van der Waals surface area contributed by atoms with E-state index in [1.165, 1.54) is 10.4 Å². The molecule has 0 spiro atoms. The van der Waals surface area contributed by atoms with E-state index in [0.717, 1.165) is 36.9 Å². The Kier molecular flexibility index (Phi) is 6.16. The SMILES string of the molecule is CCc1cc(C2CC2)nn1-c1ccc(Cl)cc1N(Cc1ccc(Br)c(F)c1)S(C)(=O)=O. The number of nitrogens with zero attached hydrogens (tertiary/aromatic N) is 3. The maximum Gasteiger partial charge on any atom is 0.232 e. The Hall–Kier alpha value is -1.90. The number of aromatic nitrogens is 2. The normalized spacial score (nSPS) is 14.1. The Labute approximate surface area is 195 Å². The molecular weight excluding hydrogens is 505 g/mol. The number of hydrogen-bond donors (Lipinski definition) is 0. The third-order valence-corrected chi connectivity index (χ3v) is 7.31. The molecule has 0 unspecified atom stereocenters. The summed E-state index contributed by atoms with van der Waals surface area (Å²) in [7, 11) is -3.70. The number of rotatable bonds is 7. The summed E-state index contributed by atoms with van der Waals surface area (Å²) in [4.78, 5) is 0. The van der Waals surface area contributed by atoms with Crippen molar-refractivity contribution in [1.82, 2.24) is 9.78 Å². The third-order valence-electron chi connectivity index (χ3n) is 5.30. The van der Waals surface area contributed by atoms with Crippen molar-refractivity contribution in [3.63, 3.8) is 0 Å². The molecule has 0 amide bonds. The number of aryl methyl sites for hydroxylation is 1. The summed E-state index contributed by atoms with van der Waals surface area (Å²) in [6, 6.07) is 11.8. The van der Waals surface area contributed by atoms with Crippen LogP contribution in [0.3, 0.4) is 0 Å². The summed E-state index contributed by atoms with van der Waals surface area (Å²) < 4.78 is 43.1. The van der Waals surface area contributed by atoms with Crippen LogP contribution in [0.5, 0.6) is 0 Å². The predicted octanol–water partition coefficient (Wildman–Crippen LogP) is 5.83. The Morgan fingerprint density at radius 3 is 2.58 bits per heavy atom. The van der Waals surface area contributed by atoms with E-state index in [1.807, 2.05) is 6.92 Å². The minimum absolute atomic E-state index is 0.0332. The van der Waals surface area contributed by atoms with Gasteiger partial charge in [0.2, 0.25) is 10.0 Å². The number of hydrogen-bond acceptors (Lipinski definition) is 3. The molecule has 0 bridgehead atoms. The van der Waals surface area contributed by atoms with Crippen LogP contribution < -0.4 is 4.31 Å². The van der Waals surface area contributed by atoms with Gasteiger partial charge in [0.05, 0.1) is 34.3 Å². The lowest BCUT2D eigenvalue weighted by molar-refractivity contribution is 0.595. The van der Waals surface area contributed by atoms with Gasteiger partial charge in [-0.3, -0.25) is 4.31 Å². The zero-order valence-electron chi connectivity index (χ0n) is 17.1. The second kappa shape index (κ2) is 8.56. The quantitative estimate of drug-likeness (QED) is 0.389. The van der Waals surface area contributed by atoms with Gasteiger partial charge >= 0.3 is 0 Å². The van der Waals surface area contributed by atoms with E-state index < -0.39 is 15.8 Å². The summed E-state index contributed by atoms with van der Waals surface area (Å²) >= 11 is 9.40. The first-order valence-electron chi connectivity index (χ1n) is 9.97. The van der Waals surface area contributed by atoms with Crippen molar-refractivity contribution in [2.24, 2.45) is 0 Å². The highest BCUT2D eigenvalue weighted by atomic mass is 79.9. The topological polar surface area (TPSA) is 55.2 Å². The second-order valence-electron chi connectivity index (χ2n) is 7.75. The molecule has 31 heavy (non-hydrogen) atoms. The van der Waals surface area contributed by atoms with Crippen LogP contribution in [0, 0.1) is 5.82 Å². The highest BCUT2D eigenvalue weighted by molar-refractivity contribution is 9.10. The molecule has 5 nitrogen and oxygen atoms in total. The van der Waals surface area contributed by atoms with Crippen molar-refractivity contribution in [2.75, 3.05) is 10.6 Å². The van der Waals surface area contributed by atoms with Gasteiger partial charge < -0.3 is 0 Å². The average Bonchev–Trinajstić information content (AvgIpc) is 3.47. The van der Waals surface area contributed by atoms with Gasteiger partial charge in [-0.15, -0.1) is 0 Å². The molecule has 1 saturated carbocycles. The molecule has 1 aliphatic carbocycles. The van der Waals surface area contributed by atoms with Crippen molar-refractivity contribution in [3.05, 3.63) is 74.7 Å². The molecule has 0 aliphatic heterocycles. The number of halogens is 3. The van der Waals surface area contributed by atoms with Gasteiger partial charge in [-0.1, -0.05) is 24.6 Å². The van der Waals surface area contributed by atoms with Gasteiger partial charge in [0.1, 0.15) is 5.82 Å². The fourth-order valence-corrected chi connectivity index (χ4v) is 4.84. The maximum absolute atomic E-state index is 14.1. The lowest BCUT2D eigenvalue weighted by Crippen LogP contribution is -2.30. The van der Waals surface area contributed by atoms with E-state index in [4.69, 9.17) is 16.7 Å². The molecule has 3 aromatic rings. The van der Waals surface area contributed by atoms with Crippen molar-refractivity contribution >= 4 is 43.2 Å². The van der Waals surface area contributed by atoms with E-state index in [1.54, 1.807) is 35.0 Å². The zero-order chi connectivity index (χ0) is 22.3. The lowest BCUT2D eigenvalue weighted by Gasteiger charge is -2.26. The average molecular weight is 527 g/mol. The first-order valence-corrected chi connectivity index (χ1v) is 13.0. The zero-order valence-corrected chi connectivity index (χ0v) is 20.3. The van der Waals surface area contributed by atoms with Crippen LogP contribution in [0.1, 0.15) is 42.6 Å². The molecule has 9 heteroatoms. The Bertz CT molecular complexity index is 1240. The fraction of sp³-hybridized carbons (Fsp3) is 0.318. The first-order chi connectivity index (χ1) is 14.7. The maximum atomic E-state index is 14.1. The molecule has 164 valence electrons. The van der Waals surface area contributed by atoms with Crippen LogP contribution >= 0.6 is 27.5 Å². The summed E-state index contributed by atoms with van der Waals surface area (Å²) in [5.74, 6) is 0.0192. The van der Waals surface area contributed by atoms with Gasteiger partial charge in [-0.25, -0.2) is 17.5 Å². The van der Waals surface area contributed by atoms with E-state index >= 15 is 0 Å². The van der Waals surface area contributed by atoms with E-state index in [2.05, 4.69) is 22.0 Å². The van der Waals surface area contributed by atoms with E-state index in [9.17, 15) is 12.8 Å². The molecule has 1 fully saturated rings. The predicted molar refractivity (Wildman–Crippen MR) is 125 cm³/mol. The van der Waals surface area contributed by atoms with Gasteiger partial charge in [-0.05, 0) is 77.2 Å². The van der Waals surface area contributed by atoms with Crippen LogP contribution in [-0.2, 0) is 23.0 Å². The Morgan fingerprint density at radius 2 is 1.97 bits per heavy atom. The van der Waals surface area contributed by atoms with Gasteiger partial charge in [-0.2, -0.15) is 5.10 Å². The number of sulfonamides is 1. The molecule has 2 aromatic carbocycles. The molecule has 1 aromatic heterocycles. The highest BCUT2D eigenvalue weighted by Gasteiger charge is 2.29. The summed E-state index contributed by atoms with van der Waals surface area (Å²) in [5, 5.41) is 5.19. The molecule has 0 N–H and O–H groups in total. The molecule has 0 saturated heterocycles. The fourth-order valence-electron chi connectivity index (χ4n) is 3.54.